The Bertz CT molecular complexity index is 619. The van der Waals surface area contributed by atoms with Gasteiger partial charge in [0.05, 0.1) is 24.2 Å². The maximum Gasteiger partial charge on any atom is 0.253 e. The molecule has 0 aliphatic rings. The second-order valence-corrected chi connectivity index (χ2v) is 4.19. The van der Waals surface area contributed by atoms with Crippen molar-refractivity contribution >= 4 is 17.5 Å². The summed E-state index contributed by atoms with van der Waals surface area (Å²) >= 11 is 6.03. The molecule has 0 aromatic carbocycles. The smallest absolute Gasteiger partial charge is 0.253 e. The number of halogens is 1. The van der Waals surface area contributed by atoms with Crippen LogP contribution in [0.2, 0.25) is 5.02 Å². The largest absolute Gasteiger partial charge is 0.346 e. The summed E-state index contributed by atoms with van der Waals surface area (Å²) in [6.45, 7) is 2.11. The molecule has 0 atom stereocenters. The predicted molar refractivity (Wildman–Crippen MR) is 69.4 cm³/mol. The van der Waals surface area contributed by atoms with Crippen LogP contribution in [0.4, 0.5) is 0 Å². The third kappa shape index (κ3) is 3.05. The summed E-state index contributed by atoms with van der Waals surface area (Å²) in [6.07, 6.45) is 3.10. The molecule has 2 aromatic heterocycles. The molecule has 2 aromatic rings. The van der Waals surface area contributed by atoms with Crippen LogP contribution < -0.4 is 5.32 Å². The fourth-order valence-corrected chi connectivity index (χ4v) is 1.69. The van der Waals surface area contributed by atoms with Crippen molar-refractivity contribution in [2.45, 2.75) is 13.5 Å². The molecule has 92 valence electrons. The molecule has 2 heterocycles. The SMILES string of the molecule is [3H]c1ncccc1C(=O)NCc1ncc(C)cc1Cl. The van der Waals surface area contributed by atoms with Gasteiger partial charge in [0.15, 0.2) is 0 Å². The lowest BCUT2D eigenvalue weighted by Gasteiger charge is -2.06. The molecule has 0 spiro atoms. The first-order chi connectivity index (χ1) is 9.08. The number of aromatic nitrogens is 2. The Morgan fingerprint density at radius 2 is 2.44 bits per heavy atom. The average Bonchev–Trinajstić information content (AvgIpc) is 2.38. The summed E-state index contributed by atoms with van der Waals surface area (Å²) in [6, 6.07) is 4.95. The van der Waals surface area contributed by atoms with Gasteiger partial charge < -0.3 is 5.32 Å². The lowest BCUT2D eigenvalue weighted by Crippen LogP contribution is -2.23. The van der Waals surface area contributed by atoms with Gasteiger partial charge in [0.25, 0.3) is 5.91 Å². The van der Waals surface area contributed by atoms with E-state index < -0.39 is 0 Å². The van der Waals surface area contributed by atoms with Gasteiger partial charge in [-0.15, -0.1) is 0 Å². The topological polar surface area (TPSA) is 54.9 Å². The summed E-state index contributed by atoms with van der Waals surface area (Å²) in [7, 11) is 0. The lowest BCUT2D eigenvalue weighted by molar-refractivity contribution is 0.0950. The van der Waals surface area contributed by atoms with E-state index >= 15 is 0 Å². The molecule has 0 radical (unpaired) electrons. The predicted octanol–water partition coefficient (Wildman–Crippen LogP) is 2.37. The van der Waals surface area contributed by atoms with E-state index in [1.54, 1.807) is 24.4 Å². The zero-order valence-electron chi connectivity index (χ0n) is 10.8. The van der Waals surface area contributed by atoms with E-state index in [1.807, 2.05) is 6.92 Å². The fourth-order valence-electron chi connectivity index (χ4n) is 1.40. The Balaban J connectivity index is 2.07. The summed E-state index contributed by atoms with van der Waals surface area (Å²) in [5.41, 5.74) is 1.78. The molecule has 1 N–H and O–H groups in total. The van der Waals surface area contributed by atoms with Crippen molar-refractivity contribution in [3.8, 4) is 0 Å². The van der Waals surface area contributed by atoms with Gasteiger partial charge in [-0.25, -0.2) is 0 Å². The summed E-state index contributed by atoms with van der Waals surface area (Å²) in [4.78, 5) is 19.8. The van der Waals surface area contributed by atoms with Gasteiger partial charge >= 0.3 is 0 Å². The molecule has 0 unspecified atom stereocenters. The minimum Gasteiger partial charge on any atom is -0.346 e. The molecule has 4 nitrogen and oxygen atoms in total. The monoisotopic (exact) mass is 263 g/mol. The standard InChI is InChI=1S/C13H12ClN3O/c1-9-5-11(14)12(16-6-9)8-17-13(18)10-3-2-4-15-7-10/h2-7H,8H2,1H3,(H,17,18)/i7T. The molecule has 0 saturated carbocycles. The average molecular weight is 264 g/mol. The molecule has 0 aliphatic carbocycles. The van der Waals surface area contributed by atoms with Crippen LogP contribution in [0.3, 0.4) is 0 Å². The number of carbonyl (C=O) groups excluding carboxylic acids is 1. The molecule has 18 heavy (non-hydrogen) atoms. The summed E-state index contributed by atoms with van der Waals surface area (Å²) in [5, 5.41) is 3.18. The lowest BCUT2D eigenvalue weighted by atomic mass is 10.2. The number of carbonyl (C=O) groups is 1. The molecule has 1 amide bonds. The van der Waals surface area contributed by atoms with Gasteiger partial charge in [-0.1, -0.05) is 11.6 Å². The zero-order chi connectivity index (χ0) is 13.8. The molecular weight excluding hydrogens is 250 g/mol. The van der Waals surface area contributed by atoms with Crippen LogP contribution in [-0.4, -0.2) is 15.9 Å². The highest BCUT2D eigenvalue weighted by Crippen LogP contribution is 2.14. The Morgan fingerprint density at radius 1 is 1.61 bits per heavy atom. The molecule has 0 aliphatic heterocycles. The quantitative estimate of drug-likeness (QED) is 0.925. The second-order valence-electron chi connectivity index (χ2n) is 3.79. The third-order valence-electron chi connectivity index (χ3n) is 2.32. The second kappa shape index (κ2) is 5.60. The van der Waals surface area contributed by atoms with Crippen molar-refractivity contribution in [3.63, 3.8) is 0 Å². The molecule has 0 saturated heterocycles. The zero-order valence-corrected chi connectivity index (χ0v) is 10.5. The number of nitrogens with one attached hydrogen (secondary N) is 1. The van der Waals surface area contributed by atoms with E-state index in [1.165, 1.54) is 6.20 Å². The molecule has 5 heteroatoms. The van der Waals surface area contributed by atoms with Gasteiger partial charge in [0, 0.05) is 18.6 Å². The minimum atomic E-state index is -0.364. The highest BCUT2D eigenvalue weighted by Gasteiger charge is 2.07. The van der Waals surface area contributed by atoms with Crippen molar-refractivity contribution in [3.05, 3.63) is 58.6 Å². The Morgan fingerprint density at radius 3 is 3.17 bits per heavy atom. The van der Waals surface area contributed by atoms with E-state index in [9.17, 15) is 4.79 Å². The van der Waals surface area contributed by atoms with Crippen molar-refractivity contribution in [1.29, 1.82) is 0 Å². The van der Waals surface area contributed by atoms with Crippen molar-refractivity contribution < 1.29 is 6.17 Å². The number of rotatable bonds is 3. The van der Waals surface area contributed by atoms with Gasteiger partial charge in [-0.05, 0) is 30.7 Å². The minimum absolute atomic E-state index is 0.0528. The maximum absolute atomic E-state index is 11.9. The number of amides is 1. The van der Waals surface area contributed by atoms with Crippen molar-refractivity contribution in [2.75, 3.05) is 0 Å². The van der Waals surface area contributed by atoms with Crippen LogP contribution in [0.25, 0.3) is 0 Å². The number of hydrogen-bond donors (Lipinski definition) is 1. The van der Waals surface area contributed by atoms with E-state index in [4.69, 9.17) is 13.0 Å². The first-order valence-electron chi connectivity index (χ1n) is 5.89. The summed E-state index contributed by atoms with van der Waals surface area (Å²) < 4.78 is 7.54. The van der Waals surface area contributed by atoms with Crippen LogP contribution in [-0.2, 0) is 6.54 Å². The molecular formula is C13H12ClN3O. The van der Waals surface area contributed by atoms with Crippen LogP contribution in [0, 0.1) is 6.92 Å². The van der Waals surface area contributed by atoms with Gasteiger partial charge in [0.2, 0.25) is 0 Å². The Kier molecular flexibility index (Phi) is 3.47. The van der Waals surface area contributed by atoms with E-state index in [2.05, 4.69) is 15.3 Å². The van der Waals surface area contributed by atoms with Gasteiger partial charge in [-0.2, -0.15) is 0 Å². The third-order valence-corrected chi connectivity index (χ3v) is 2.65. The van der Waals surface area contributed by atoms with Crippen LogP contribution in [0.1, 0.15) is 23.0 Å². The van der Waals surface area contributed by atoms with E-state index in [0.717, 1.165) is 5.56 Å². The van der Waals surface area contributed by atoms with Crippen LogP contribution in [0.15, 0.2) is 36.8 Å². The van der Waals surface area contributed by atoms with E-state index in [-0.39, 0.29) is 24.2 Å². The fraction of sp³-hybridized carbons (Fsp3) is 0.154. The van der Waals surface area contributed by atoms with Crippen LogP contribution in [0.5, 0.6) is 0 Å². The number of nitrogens with zero attached hydrogens (tertiary/aromatic N) is 2. The number of hydrogen-bond acceptors (Lipinski definition) is 3. The highest BCUT2D eigenvalue weighted by molar-refractivity contribution is 6.31. The van der Waals surface area contributed by atoms with E-state index in [0.29, 0.717) is 10.7 Å². The molecule has 0 bridgehead atoms. The maximum atomic E-state index is 11.9. The van der Waals surface area contributed by atoms with Gasteiger partial charge in [0.1, 0.15) is 0 Å². The Hall–Kier alpha value is -1.94. The number of pyridine rings is 2. The first kappa shape index (κ1) is 11.2. The Labute approximate surface area is 111 Å². The first-order valence-corrected chi connectivity index (χ1v) is 5.76. The molecule has 0 fully saturated rings. The molecule has 2 rings (SSSR count). The van der Waals surface area contributed by atoms with Gasteiger partial charge in [-0.3, -0.25) is 14.8 Å². The van der Waals surface area contributed by atoms with Crippen molar-refractivity contribution in [1.82, 2.24) is 15.3 Å². The number of aryl methyl sites for hydroxylation is 1. The van der Waals surface area contributed by atoms with Crippen molar-refractivity contribution in [2.24, 2.45) is 0 Å². The normalized spacial score (nSPS) is 10.9. The van der Waals surface area contributed by atoms with Crippen LogP contribution >= 0.6 is 11.6 Å². The highest BCUT2D eigenvalue weighted by atomic mass is 35.5. The summed E-state index contributed by atoms with van der Waals surface area (Å²) in [5.74, 6) is -0.364.